The maximum absolute atomic E-state index is 13.0. The van der Waals surface area contributed by atoms with Crippen molar-refractivity contribution in [2.75, 3.05) is 13.6 Å². The van der Waals surface area contributed by atoms with Gasteiger partial charge in [0.15, 0.2) is 5.11 Å². The first-order chi connectivity index (χ1) is 11.9. The average Bonchev–Trinajstić information content (AvgIpc) is 2.95. The number of hydrogen-bond donors (Lipinski definition) is 0. The number of para-hydroxylation sites is 1. The van der Waals surface area contributed by atoms with E-state index in [1.54, 1.807) is 27.4 Å². The Morgan fingerprint density at radius 3 is 2.36 bits per heavy atom. The van der Waals surface area contributed by atoms with E-state index in [0.717, 1.165) is 11.4 Å². The Bertz CT molecular complexity index is 940. The fourth-order valence-corrected chi connectivity index (χ4v) is 3.31. The van der Waals surface area contributed by atoms with E-state index in [1.165, 1.54) is 4.90 Å². The minimum absolute atomic E-state index is 0.164. The van der Waals surface area contributed by atoms with E-state index in [1.807, 2.05) is 51.2 Å². The number of amides is 1. The smallest absolute Gasteiger partial charge is 0.279 e. The summed E-state index contributed by atoms with van der Waals surface area (Å²) in [6, 6.07) is 9.42. The normalized spacial score (nSPS) is 16.4. The third-order valence-corrected chi connectivity index (χ3v) is 5.02. The summed E-state index contributed by atoms with van der Waals surface area (Å²) in [5.74, 6) is -0.194. The molecule has 0 spiro atoms. The second-order valence-electron chi connectivity index (χ2n) is 5.90. The second-order valence-corrected chi connectivity index (χ2v) is 6.26. The quantitative estimate of drug-likeness (QED) is 0.623. The molecule has 0 aliphatic carbocycles. The second kappa shape index (κ2) is 6.33. The molecule has 1 saturated heterocycles. The first-order valence-electron chi connectivity index (χ1n) is 8.03. The molecule has 130 valence electrons. The van der Waals surface area contributed by atoms with Crippen molar-refractivity contribution in [2.45, 2.75) is 13.8 Å². The van der Waals surface area contributed by atoms with E-state index in [0.29, 0.717) is 22.9 Å². The summed E-state index contributed by atoms with van der Waals surface area (Å²) in [5.41, 5.74) is 2.32. The molecule has 1 fully saturated rings. The molecule has 7 heteroatoms. The van der Waals surface area contributed by atoms with Gasteiger partial charge < -0.3 is 4.90 Å². The van der Waals surface area contributed by atoms with Gasteiger partial charge in [-0.1, -0.05) is 18.2 Å². The topological polar surface area (TPSA) is 50.5 Å². The summed E-state index contributed by atoms with van der Waals surface area (Å²) >= 11 is 5.31. The Morgan fingerprint density at radius 2 is 1.76 bits per heavy atom. The molecule has 0 saturated carbocycles. The molecular weight excluding hydrogens is 336 g/mol. The van der Waals surface area contributed by atoms with Crippen LogP contribution in [0.15, 0.2) is 40.8 Å². The minimum Gasteiger partial charge on any atom is -0.314 e. The highest BCUT2D eigenvalue weighted by Gasteiger charge is 2.35. The van der Waals surface area contributed by atoms with Crippen LogP contribution in [-0.2, 0) is 11.8 Å². The monoisotopic (exact) mass is 356 g/mol. The highest BCUT2D eigenvalue weighted by atomic mass is 32.1. The molecule has 1 amide bonds. The largest absolute Gasteiger partial charge is 0.314 e. The van der Waals surface area contributed by atoms with Crippen molar-refractivity contribution >= 4 is 29.3 Å². The van der Waals surface area contributed by atoms with Gasteiger partial charge in [-0.25, -0.2) is 4.68 Å². The van der Waals surface area contributed by atoms with E-state index < -0.39 is 0 Å². The molecule has 0 N–H and O–H groups in total. The summed E-state index contributed by atoms with van der Waals surface area (Å²) in [7, 11) is 3.48. The van der Waals surface area contributed by atoms with E-state index in [9.17, 15) is 9.59 Å². The van der Waals surface area contributed by atoms with Crippen LogP contribution in [0.25, 0.3) is 11.8 Å². The number of benzene rings is 1. The van der Waals surface area contributed by atoms with Crippen LogP contribution < -0.4 is 5.56 Å². The van der Waals surface area contributed by atoms with Crippen molar-refractivity contribution in [3.63, 3.8) is 0 Å². The van der Waals surface area contributed by atoms with Crippen LogP contribution >= 0.6 is 12.2 Å². The van der Waals surface area contributed by atoms with Crippen LogP contribution in [0.2, 0.25) is 0 Å². The van der Waals surface area contributed by atoms with Crippen molar-refractivity contribution in [1.29, 1.82) is 0 Å². The molecule has 3 rings (SSSR count). The van der Waals surface area contributed by atoms with Crippen molar-refractivity contribution in [2.24, 2.45) is 7.05 Å². The van der Waals surface area contributed by atoms with E-state index in [-0.39, 0.29) is 11.5 Å². The Hall–Kier alpha value is -2.67. The Balaban J connectivity index is 2.18. The lowest BCUT2D eigenvalue weighted by molar-refractivity contribution is -0.121. The molecule has 0 atom stereocenters. The zero-order valence-electron chi connectivity index (χ0n) is 14.7. The number of carbonyl (C=O) groups is 1. The van der Waals surface area contributed by atoms with Gasteiger partial charge in [0.25, 0.3) is 11.5 Å². The van der Waals surface area contributed by atoms with Gasteiger partial charge in [-0.05, 0) is 44.3 Å². The summed E-state index contributed by atoms with van der Waals surface area (Å²) in [4.78, 5) is 28.6. The van der Waals surface area contributed by atoms with E-state index in [4.69, 9.17) is 12.2 Å². The maximum Gasteiger partial charge on any atom is 0.279 e. The van der Waals surface area contributed by atoms with Crippen LogP contribution in [-0.4, -0.2) is 43.8 Å². The van der Waals surface area contributed by atoms with Crippen molar-refractivity contribution in [1.82, 2.24) is 19.2 Å². The molecule has 1 aromatic carbocycles. The number of likely N-dealkylation sites (N-methyl/N-ethyl adjacent to an activating group) is 2. The van der Waals surface area contributed by atoms with Gasteiger partial charge in [-0.15, -0.1) is 0 Å². The summed E-state index contributed by atoms with van der Waals surface area (Å²) in [6.45, 7) is 4.36. The molecule has 1 aliphatic heterocycles. The molecule has 0 radical (unpaired) electrons. The molecule has 25 heavy (non-hydrogen) atoms. The zero-order chi connectivity index (χ0) is 18.3. The van der Waals surface area contributed by atoms with Gasteiger partial charge in [0.2, 0.25) is 0 Å². The van der Waals surface area contributed by atoms with Crippen molar-refractivity contribution in [3.8, 4) is 5.69 Å². The molecule has 1 aliphatic rings. The molecule has 6 nitrogen and oxygen atoms in total. The van der Waals surface area contributed by atoms with Crippen molar-refractivity contribution < 1.29 is 4.79 Å². The first-order valence-corrected chi connectivity index (χ1v) is 8.44. The highest BCUT2D eigenvalue weighted by Crippen LogP contribution is 2.22. The first kappa shape index (κ1) is 17.2. The lowest BCUT2D eigenvalue weighted by Crippen LogP contribution is -2.29. The fraction of sp³-hybridized carbons (Fsp3) is 0.278. The number of nitrogens with zero attached hydrogens (tertiary/aromatic N) is 4. The summed E-state index contributed by atoms with van der Waals surface area (Å²) in [5, 5.41) is 0.454. The Labute approximate surface area is 151 Å². The predicted octanol–water partition coefficient (Wildman–Crippen LogP) is 1.90. The number of hydrogen-bond acceptors (Lipinski definition) is 3. The summed E-state index contributed by atoms with van der Waals surface area (Å²) in [6.07, 6.45) is 1.65. The Morgan fingerprint density at radius 1 is 1.12 bits per heavy atom. The van der Waals surface area contributed by atoms with Gasteiger partial charge in [-0.3, -0.25) is 19.2 Å². The van der Waals surface area contributed by atoms with Crippen LogP contribution in [0.3, 0.4) is 0 Å². The average molecular weight is 356 g/mol. The summed E-state index contributed by atoms with van der Waals surface area (Å²) < 4.78 is 3.39. The van der Waals surface area contributed by atoms with Crippen molar-refractivity contribution in [3.05, 3.63) is 57.6 Å². The number of aromatic nitrogens is 2. The minimum atomic E-state index is -0.194. The highest BCUT2D eigenvalue weighted by molar-refractivity contribution is 7.80. The number of thiocarbonyl (C=S) groups is 1. The number of carbonyl (C=O) groups excluding carboxylic acids is 1. The lowest BCUT2D eigenvalue weighted by Gasteiger charge is -2.15. The zero-order valence-corrected chi connectivity index (χ0v) is 15.5. The molecule has 0 bridgehead atoms. The predicted molar refractivity (Wildman–Crippen MR) is 101 cm³/mol. The fourth-order valence-electron chi connectivity index (χ4n) is 3.00. The molecule has 1 aromatic heterocycles. The van der Waals surface area contributed by atoms with Crippen LogP contribution in [0.4, 0.5) is 0 Å². The van der Waals surface area contributed by atoms with E-state index >= 15 is 0 Å². The van der Waals surface area contributed by atoms with Crippen LogP contribution in [0.1, 0.15) is 18.2 Å². The van der Waals surface area contributed by atoms with Gasteiger partial charge in [0, 0.05) is 26.3 Å². The number of rotatable bonds is 3. The molecule has 0 unspecified atom stereocenters. The Kier molecular flexibility index (Phi) is 4.34. The lowest BCUT2D eigenvalue weighted by atomic mass is 10.2. The third-order valence-electron chi connectivity index (χ3n) is 4.53. The van der Waals surface area contributed by atoms with Gasteiger partial charge in [0.1, 0.15) is 5.70 Å². The molecule has 2 heterocycles. The van der Waals surface area contributed by atoms with Crippen LogP contribution in [0.5, 0.6) is 0 Å². The molecular formula is C18H20N4O2S. The molecule has 2 aromatic rings. The SMILES string of the molecule is CCN1C(=S)N(C)C(=O)C1=Cc1c(C)n(C)n(-c2ccccc2)c1=O. The van der Waals surface area contributed by atoms with Gasteiger partial charge in [-0.2, -0.15) is 0 Å². The maximum atomic E-state index is 13.0. The van der Waals surface area contributed by atoms with Crippen LogP contribution in [0, 0.1) is 6.92 Å². The van der Waals surface area contributed by atoms with Gasteiger partial charge in [0.05, 0.1) is 11.3 Å². The van der Waals surface area contributed by atoms with Gasteiger partial charge >= 0.3 is 0 Å². The third kappa shape index (κ3) is 2.60. The standard InChI is InChI=1S/C18H20N4O2S/c1-5-21-15(17(24)19(3)18(21)25)11-14-12(2)20(4)22(16(14)23)13-9-7-6-8-10-13/h6-11H,5H2,1-4H3. The van der Waals surface area contributed by atoms with E-state index in [2.05, 4.69) is 0 Å².